The van der Waals surface area contributed by atoms with E-state index >= 15 is 0 Å². The van der Waals surface area contributed by atoms with Gasteiger partial charge in [0.15, 0.2) is 5.82 Å². The SMILES string of the molecule is CC(C)(C)c1ccc(S(=O)(=O)N2CCC(c3nn[nH]n3)C2)s1. The van der Waals surface area contributed by atoms with Crippen LogP contribution in [0.4, 0.5) is 0 Å². The number of sulfonamides is 1. The predicted octanol–water partition coefficient (Wildman–Crippen LogP) is 1.74. The molecule has 120 valence electrons. The number of nitrogens with one attached hydrogen (secondary N) is 1. The predicted molar refractivity (Wildman–Crippen MR) is 83.3 cm³/mol. The molecule has 1 aliphatic rings. The molecule has 0 saturated carbocycles. The van der Waals surface area contributed by atoms with Crippen LogP contribution in [-0.4, -0.2) is 46.4 Å². The Morgan fingerprint density at radius 2 is 2.14 bits per heavy atom. The normalized spacial score (nSPS) is 20.6. The molecule has 0 aliphatic carbocycles. The van der Waals surface area contributed by atoms with Crippen LogP contribution in [0.3, 0.4) is 0 Å². The summed E-state index contributed by atoms with van der Waals surface area (Å²) in [5.41, 5.74) is -0.0450. The molecule has 0 bridgehead atoms. The lowest BCUT2D eigenvalue weighted by Gasteiger charge is -2.16. The number of thiophene rings is 1. The lowest BCUT2D eigenvalue weighted by molar-refractivity contribution is 0.473. The summed E-state index contributed by atoms with van der Waals surface area (Å²) in [6.45, 7) is 7.14. The van der Waals surface area contributed by atoms with Crippen molar-refractivity contribution in [2.24, 2.45) is 0 Å². The number of hydrogen-bond acceptors (Lipinski definition) is 6. The summed E-state index contributed by atoms with van der Waals surface area (Å²) in [5, 5.41) is 13.9. The number of nitrogens with zero attached hydrogens (tertiary/aromatic N) is 4. The van der Waals surface area contributed by atoms with Crippen molar-refractivity contribution in [2.75, 3.05) is 13.1 Å². The Labute approximate surface area is 133 Å². The summed E-state index contributed by atoms with van der Waals surface area (Å²) in [6.07, 6.45) is 0.719. The third-order valence-electron chi connectivity index (χ3n) is 3.79. The van der Waals surface area contributed by atoms with E-state index in [1.165, 1.54) is 15.6 Å². The Kier molecular flexibility index (Phi) is 3.82. The van der Waals surface area contributed by atoms with Crippen LogP contribution >= 0.6 is 11.3 Å². The van der Waals surface area contributed by atoms with Crippen LogP contribution in [-0.2, 0) is 15.4 Å². The van der Waals surface area contributed by atoms with Crippen LogP contribution in [0.5, 0.6) is 0 Å². The van der Waals surface area contributed by atoms with Crippen LogP contribution in [0.2, 0.25) is 0 Å². The third-order valence-corrected chi connectivity index (χ3v) is 7.64. The molecule has 2 aromatic rings. The molecule has 0 amide bonds. The maximum absolute atomic E-state index is 12.8. The van der Waals surface area contributed by atoms with Crippen molar-refractivity contribution >= 4 is 21.4 Å². The quantitative estimate of drug-likeness (QED) is 0.918. The molecular formula is C13H19N5O2S2. The van der Waals surface area contributed by atoms with Gasteiger partial charge in [-0.15, -0.1) is 21.5 Å². The highest BCUT2D eigenvalue weighted by molar-refractivity contribution is 7.91. The second-order valence-electron chi connectivity index (χ2n) is 6.49. The first kappa shape index (κ1) is 15.6. The zero-order valence-electron chi connectivity index (χ0n) is 12.8. The van der Waals surface area contributed by atoms with E-state index in [0.29, 0.717) is 23.1 Å². The van der Waals surface area contributed by atoms with Gasteiger partial charge in [0.25, 0.3) is 10.0 Å². The zero-order valence-corrected chi connectivity index (χ0v) is 14.4. The minimum absolute atomic E-state index is 0.00979. The van der Waals surface area contributed by atoms with E-state index in [9.17, 15) is 8.42 Å². The zero-order chi connectivity index (χ0) is 16.0. The minimum Gasteiger partial charge on any atom is -0.206 e. The smallest absolute Gasteiger partial charge is 0.206 e. The molecule has 1 unspecified atom stereocenters. The highest BCUT2D eigenvalue weighted by Crippen LogP contribution is 2.35. The number of H-pyrrole nitrogens is 1. The molecule has 0 spiro atoms. The average Bonchev–Trinajstić information content (AvgIpc) is 3.18. The summed E-state index contributed by atoms with van der Waals surface area (Å²) < 4.78 is 27.5. The second-order valence-corrected chi connectivity index (χ2v) is 9.74. The first-order chi connectivity index (χ1) is 10.3. The highest BCUT2D eigenvalue weighted by Gasteiger charge is 2.36. The molecule has 3 heterocycles. The van der Waals surface area contributed by atoms with Gasteiger partial charge in [-0.1, -0.05) is 26.0 Å². The molecule has 7 nitrogen and oxygen atoms in total. The van der Waals surface area contributed by atoms with Crippen LogP contribution < -0.4 is 0 Å². The summed E-state index contributed by atoms with van der Waals surface area (Å²) in [7, 11) is -3.44. The first-order valence-corrected chi connectivity index (χ1v) is 9.38. The van der Waals surface area contributed by atoms with E-state index in [4.69, 9.17) is 0 Å². The summed E-state index contributed by atoms with van der Waals surface area (Å²) >= 11 is 1.35. The van der Waals surface area contributed by atoms with Gasteiger partial charge in [-0.2, -0.15) is 9.52 Å². The Balaban J connectivity index is 1.81. The number of tetrazole rings is 1. The maximum Gasteiger partial charge on any atom is 0.252 e. The third kappa shape index (κ3) is 2.80. The lowest BCUT2D eigenvalue weighted by Crippen LogP contribution is -2.28. The van der Waals surface area contributed by atoms with Crippen LogP contribution in [0.25, 0.3) is 0 Å². The van der Waals surface area contributed by atoms with Gasteiger partial charge in [0.05, 0.1) is 0 Å². The fourth-order valence-corrected chi connectivity index (χ4v) is 5.51. The van der Waals surface area contributed by atoms with Gasteiger partial charge in [0.1, 0.15) is 4.21 Å². The van der Waals surface area contributed by atoms with Gasteiger partial charge in [-0.25, -0.2) is 8.42 Å². The van der Waals surface area contributed by atoms with E-state index in [1.54, 1.807) is 6.07 Å². The second kappa shape index (κ2) is 5.39. The summed E-state index contributed by atoms with van der Waals surface area (Å²) in [5.74, 6) is 0.592. The van der Waals surface area contributed by atoms with E-state index in [-0.39, 0.29) is 11.3 Å². The van der Waals surface area contributed by atoms with Gasteiger partial charge in [-0.05, 0) is 24.0 Å². The van der Waals surface area contributed by atoms with Gasteiger partial charge < -0.3 is 0 Å². The Morgan fingerprint density at radius 1 is 1.36 bits per heavy atom. The topological polar surface area (TPSA) is 91.8 Å². The number of aromatic amines is 1. The number of hydrogen-bond donors (Lipinski definition) is 1. The van der Waals surface area contributed by atoms with Crippen molar-refractivity contribution in [2.45, 2.75) is 42.7 Å². The van der Waals surface area contributed by atoms with E-state index in [1.807, 2.05) is 6.07 Å². The van der Waals surface area contributed by atoms with Crippen molar-refractivity contribution in [1.82, 2.24) is 24.9 Å². The van der Waals surface area contributed by atoms with Gasteiger partial charge in [-0.3, -0.25) is 0 Å². The van der Waals surface area contributed by atoms with Crippen LogP contribution in [0, 0.1) is 0 Å². The summed E-state index contributed by atoms with van der Waals surface area (Å²) in [6, 6.07) is 3.62. The molecule has 1 N–H and O–H groups in total. The molecule has 9 heteroatoms. The van der Waals surface area contributed by atoms with E-state index < -0.39 is 10.0 Å². The van der Waals surface area contributed by atoms with Crippen molar-refractivity contribution in [3.8, 4) is 0 Å². The fourth-order valence-electron chi connectivity index (χ4n) is 2.49. The fraction of sp³-hybridized carbons (Fsp3) is 0.615. The van der Waals surface area contributed by atoms with Gasteiger partial charge >= 0.3 is 0 Å². The highest BCUT2D eigenvalue weighted by atomic mass is 32.2. The largest absolute Gasteiger partial charge is 0.252 e. The van der Waals surface area contributed by atoms with E-state index in [0.717, 1.165) is 11.3 Å². The molecule has 1 atom stereocenters. The average molecular weight is 341 g/mol. The van der Waals surface area contributed by atoms with Crippen LogP contribution in [0.15, 0.2) is 16.3 Å². The number of aromatic nitrogens is 4. The molecule has 0 aromatic carbocycles. The molecule has 1 saturated heterocycles. The lowest BCUT2D eigenvalue weighted by atomic mass is 9.95. The van der Waals surface area contributed by atoms with Crippen molar-refractivity contribution in [3.63, 3.8) is 0 Å². The molecule has 3 rings (SSSR count). The molecule has 0 radical (unpaired) electrons. The van der Waals surface area contributed by atoms with Gasteiger partial charge in [0.2, 0.25) is 0 Å². The molecule has 2 aromatic heterocycles. The van der Waals surface area contributed by atoms with Crippen molar-refractivity contribution in [3.05, 3.63) is 22.8 Å². The standard InChI is InChI=1S/C13H19N5O2S2/c1-13(2,3)10-4-5-11(21-10)22(19,20)18-7-6-9(8-18)12-14-16-17-15-12/h4-5,9H,6-8H2,1-3H3,(H,14,15,16,17). The van der Waals surface area contributed by atoms with Crippen LogP contribution in [0.1, 0.15) is 43.8 Å². The first-order valence-electron chi connectivity index (χ1n) is 7.12. The Bertz CT molecular complexity index is 746. The van der Waals surface area contributed by atoms with Crippen molar-refractivity contribution < 1.29 is 8.42 Å². The Hall–Kier alpha value is -1.32. The summed E-state index contributed by atoms with van der Waals surface area (Å²) in [4.78, 5) is 1.07. The molecule has 1 fully saturated rings. The van der Waals surface area contributed by atoms with Gasteiger partial charge in [0, 0.05) is 23.9 Å². The van der Waals surface area contributed by atoms with E-state index in [2.05, 4.69) is 41.4 Å². The molecule has 1 aliphatic heterocycles. The monoisotopic (exact) mass is 341 g/mol. The molecule has 22 heavy (non-hydrogen) atoms. The Morgan fingerprint density at radius 3 is 2.73 bits per heavy atom. The minimum atomic E-state index is -3.44. The molecular weight excluding hydrogens is 322 g/mol. The maximum atomic E-state index is 12.8. The number of rotatable bonds is 3. The van der Waals surface area contributed by atoms with Crippen molar-refractivity contribution in [1.29, 1.82) is 0 Å².